The van der Waals surface area contributed by atoms with Gasteiger partial charge in [-0.05, 0) is 94.3 Å². The Bertz CT molecular complexity index is 668. The SMILES string of the molecule is Cc1nnc(C)c(-c2c(C)c(C)c(C)c(C)c2C)c1C. The zero-order valence-electron chi connectivity index (χ0n) is 13.9. The molecule has 1 heterocycles. The van der Waals surface area contributed by atoms with Gasteiger partial charge in [0.1, 0.15) is 0 Å². The van der Waals surface area contributed by atoms with Crippen LogP contribution in [-0.2, 0) is 0 Å². The van der Waals surface area contributed by atoms with Crippen LogP contribution >= 0.6 is 0 Å². The third-order valence-corrected chi connectivity index (χ3v) is 4.88. The van der Waals surface area contributed by atoms with Crippen molar-refractivity contribution in [2.45, 2.75) is 55.4 Å². The van der Waals surface area contributed by atoms with Crippen molar-refractivity contribution in [3.05, 3.63) is 44.8 Å². The molecule has 0 aliphatic carbocycles. The molecule has 0 saturated heterocycles. The van der Waals surface area contributed by atoms with E-state index in [0.29, 0.717) is 0 Å². The second-order valence-electron chi connectivity index (χ2n) is 5.87. The molecule has 0 atom stereocenters. The van der Waals surface area contributed by atoms with E-state index in [1.54, 1.807) is 0 Å². The van der Waals surface area contributed by atoms with Gasteiger partial charge < -0.3 is 0 Å². The summed E-state index contributed by atoms with van der Waals surface area (Å²) in [5, 5.41) is 8.57. The third kappa shape index (κ3) is 2.04. The van der Waals surface area contributed by atoms with Gasteiger partial charge in [0.25, 0.3) is 0 Å². The lowest BCUT2D eigenvalue weighted by Crippen LogP contribution is -2.05. The van der Waals surface area contributed by atoms with E-state index in [0.717, 1.165) is 11.4 Å². The molecule has 0 unspecified atom stereocenters. The van der Waals surface area contributed by atoms with Gasteiger partial charge in [0.15, 0.2) is 0 Å². The number of hydrogen-bond acceptors (Lipinski definition) is 2. The van der Waals surface area contributed by atoms with Crippen LogP contribution in [0.25, 0.3) is 11.1 Å². The Morgan fingerprint density at radius 3 is 1.30 bits per heavy atom. The first kappa shape index (κ1) is 14.7. The van der Waals surface area contributed by atoms with E-state index in [1.165, 1.54) is 44.5 Å². The highest BCUT2D eigenvalue weighted by Gasteiger charge is 2.18. The second-order valence-corrected chi connectivity index (χ2v) is 5.87. The predicted molar refractivity (Wildman–Crippen MR) is 85.4 cm³/mol. The van der Waals surface area contributed by atoms with Crippen molar-refractivity contribution < 1.29 is 0 Å². The largest absolute Gasteiger partial charge is 0.155 e. The molecule has 1 aromatic heterocycles. The Labute approximate surface area is 122 Å². The number of hydrogen-bond donors (Lipinski definition) is 0. The first-order chi connectivity index (χ1) is 9.27. The first-order valence-corrected chi connectivity index (χ1v) is 7.15. The van der Waals surface area contributed by atoms with E-state index in [-0.39, 0.29) is 0 Å². The maximum atomic E-state index is 4.33. The summed E-state index contributed by atoms with van der Waals surface area (Å²) >= 11 is 0. The zero-order chi connectivity index (χ0) is 15.2. The van der Waals surface area contributed by atoms with E-state index >= 15 is 0 Å². The van der Waals surface area contributed by atoms with Crippen LogP contribution in [0, 0.1) is 55.4 Å². The lowest BCUT2D eigenvalue weighted by Gasteiger charge is -2.21. The van der Waals surface area contributed by atoms with Crippen LogP contribution < -0.4 is 0 Å². The van der Waals surface area contributed by atoms with Crippen molar-refractivity contribution >= 4 is 0 Å². The molecule has 0 spiro atoms. The summed E-state index contributed by atoms with van der Waals surface area (Å²) < 4.78 is 0. The highest BCUT2D eigenvalue weighted by atomic mass is 15.1. The number of nitrogens with zero attached hydrogens (tertiary/aromatic N) is 2. The van der Waals surface area contributed by atoms with Crippen molar-refractivity contribution in [1.82, 2.24) is 10.2 Å². The van der Waals surface area contributed by atoms with Crippen LogP contribution in [0.15, 0.2) is 0 Å². The molecule has 2 heteroatoms. The molecule has 2 nitrogen and oxygen atoms in total. The average Bonchev–Trinajstić information content (AvgIpc) is 2.42. The lowest BCUT2D eigenvalue weighted by atomic mass is 9.84. The van der Waals surface area contributed by atoms with Crippen LogP contribution in [-0.4, -0.2) is 10.2 Å². The van der Waals surface area contributed by atoms with Crippen LogP contribution in [0.3, 0.4) is 0 Å². The fourth-order valence-electron chi connectivity index (χ4n) is 2.97. The topological polar surface area (TPSA) is 25.8 Å². The molecule has 0 saturated carbocycles. The maximum absolute atomic E-state index is 4.33. The van der Waals surface area contributed by atoms with Gasteiger partial charge in [0, 0.05) is 5.56 Å². The van der Waals surface area contributed by atoms with Crippen LogP contribution in [0.2, 0.25) is 0 Å². The summed E-state index contributed by atoms with van der Waals surface area (Å²) in [6, 6.07) is 0. The van der Waals surface area contributed by atoms with E-state index in [4.69, 9.17) is 0 Å². The Morgan fingerprint density at radius 2 is 0.800 bits per heavy atom. The molecule has 2 rings (SSSR count). The summed E-state index contributed by atoms with van der Waals surface area (Å²) in [5.41, 5.74) is 12.8. The first-order valence-electron chi connectivity index (χ1n) is 7.15. The molecule has 0 radical (unpaired) electrons. The minimum Gasteiger partial charge on any atom is -0.155 e. The van der Waals surface area contributed by atoms with Gasteiger partial charge in [-0.1, -0.05) is 0 Å². The van der Waals surface area contributed by atoms with Crippen molar-refractivity contribution in [1.29, 1.82) is 0 Å². The summed E-state index contributed by atoms with van der Waals surface area (Å²) in [6.07, 6.45) is 0. The van der Waals surface area contributed by atoms with Gasteiger partial charge in [-0.2, -0.15) is 10.2 Å². The standard InChI is InChI=1S/C18H24N2/c1-9-10(2)12(4)17(13(5)11(9)3)18-14(6)15(7)19-20-16(18)8/h1-8H3. The van der Waals surface area contributed by atoms with E-state index in [2.05, 4.69) is 58.7 Å². The van der Waals surface area contributed by atoms with Crippen LogP contribution in [0.5, 0.6) is 0 Å². The maximum Gasteiger partial charge on any atom is 0.0681 e. The fourth-order valence-corrected chi connectivity index (χ4v) is 2.97. The number of benzene rings is 1. The Balaban J connectivity index is 2.95. The molecule has 0 aliphatic heterocycles. The minimum absolute atomic E-state index is 1.01. The number of rotatable bonds is 1. The highest BCUT2D eigenvalue weighted by molar-refractivity contribution is 5.78. The van der Waals surface area contributed by atoms with Crippen molar-refractivity contribution in [2.24, 2.45) is 0 Å². The van der Waals surface area contributed by atoms with E-state index in [9.17, 15) is 0 Å². The molecular formula is C18H24N2. The molecular weight excluding hydrogens is 244 g/mol. The number of aromatic nitrogens is 2. The molecule has 106 valence electrons. The van der Waals surface area contributed by atoms with Gasteiger partial charge in [0.05, 0.1) is 11.4 Å². The fraction of sp³-hybridized carbons (Fsp3) is 0.444. The van der Waals surface area contributed by atoms with Gasteiger partial charge >= 0.3 is 0 Å². The normalized spacial score (nSPS) is 11.0. The van der Waals surface area contributed by atoms with Crippen molar-refractivity contribution in [3.63, 3.8) is 0 Å². The molecule has 0 N–H and O–H groups in total. The molecule has 0 bridgehead atoms. The molecule has 20 heavy (non-hydrogen) atoms. The number of aryl methyl sites for hydroxylation is 2. The summed E-state index contributed by atoms with van der Waals surface area (Å²) in [7, 11) is 0. The van der Waals surface area contributed by atoms with Gasteiger partial charge in [-0.25, -0.2) is 0 Å². The molecule has 0 amide bonds. The van der Waals surface area contributed by atoms with Crippen molar-refractivity contribution in [2.75, 3.05) is 0 Å². The Hall–Kier alpha value is -1.70. The smallest absolute Gasteiger partial charge is 0.0681 e. The zero-order valence-corrected chi connectivity index (χ0v) is 13.9. The predicted octanol–water partition coefficient (Wildman–Crippen LogP) is 4.61. The summed E-state index contributed by atoms with van der Waals surface area (Å²) in [6.45, 7) is 17.3. The quantitative estimate of drug-likeness (QED) is 0.754. The Kier molecular flexibility index (Phi) is 3.68. The molecule has 1 aromatic carbocycles. The summed E-state index contributed by atoms with van der Waals surface area (Å²) in [5.74, 6) is 0. The minimum atomic E-state index is 1.01. The second kappa shape index (κ2) is 5.01. The average molecular weight is 268 g/mol. The van der Waals surface area contributed by atoms with Gasteiger partial charge in [-0.3, -0.25) is 0 Å². The third-order valence-electron chi connectivity index (χ3n) is 4.88. The van der Waals surface area contributed by atoms with Crippen LogP contribution in [0.4, 0.5) is 0 Å². The van der Waals surface area contributed by atoms with Crippen molar-refractivity contribution in [3.8, 4) is 11.1 Å². The van der Waals surface area contributed by atoms with Gasteiger partial charge in [-0.15, -0.1) is 0 Å². The lowest BCUT2D eigenvalue weighted by molar-refractivity contribution is 0.926. The van der Waals surface area contributed by atoms with E-state index < -0.39 is 0 Å². The molecule has 2 aromatic rings. The van der Waals surface area contributed by atoms with E-state index in [1.807, 2.05) is 6.92 Å². The molecule has 0 aliphatic rings. The Morgan fingerprint density at radius 1 is 0.400 bits per heavy atom. The summed E-state index contributed by atoms with van der Waals surface area (Å²) in [4.78, 5) is 0. The van der Waals surface area contributed by atoms with Crippen LogP contribution in [0.1, 0.15) is 44.8 Å². The monoisotopic (exact) mass is 268 g/mol. The highest BCUT2D eigenvalue weighted by Crippen LogP contribution is 2.37. The molecule has 0 fully saturated rings. The van der Waals surface area contributed by atoms with Gasteiger partial charge in [0.2, 0.25) is 0 Å².